The van der Waals surface area contributed by atoms with Gasteiger partial charge in [0.15, 0.2) is 12.1 Å². The first-order valence-corrected chi connectivity index (χ1v) is 21.8. The highest BCUT2D eigenvalue weighted by molar-refractivity contribution is 5.91. The molecule has 10 heteroatoms. The number of allylic oxidation sites excluding steroid dienone is 3. The highest BCUT2D eigenvalue weighted by Gasteiger charge is 2.42. The van der Waals surface area contributed by atoms with Gasteiger partial charge in [0, 0.05) is 62.9 Å². The summed E-state index contributed by atoms with van der Waals surface area (Å²) in [5.74, 6) is 1.21. The Balaban J connectivity index is 1.68. The number of nitrogens with zero attached hydrogens (tertiary/aromatic N) is 3. The molecule has 15 atom stereocenters. The number of aliphatic hydroxyl groups is 2. The molecular formula is C45H79N3O7. The number of carbonyl (C=O) groups excluding carboxylic acids is 2. The van der Waals surface area contributed by atoms with E-state index in [1.165, 1.54) is 12.8 Å². The first kappa shape index (κ1) is 46.0. The van der Waals surface area contributed by atoms with Crippen LogP contribution in [0.2, 0.25) is 0 Å². The van der Waals surface area contributed by atoms with Crippen molar-refractivity contribution in [2.24, 2.45) is 47.3 Å². The number of ether oxygens (including phenoxy) is 3. The molecule has 4 heterocycles. The molecule has 316 valence electrons. The molecule has 0 radical (unpaired) electrons. The highest BCUT2D eigenvalue weighted by atomic mass is 16.7. The first-order valence-electron chi connectivity index (χ1n) is 21.8. The molecule has 0 aromatic rings. The van der Waals surface area contributed by atoms with Gasteiger partial charge in [-0.25, -0.2) is 0 Å². The Morgan fingerprint density at radius 2 is 1.45 bits per heavy atom. The molecule has 0 saturated carbocycles. The summed E-state index contributed by atoms with van der Waals surface area (Å²) in [6.07, 6.45) is 6.96. The molecule has 0 amide bonds. The predicted molar refractivity (Wildman–Crippen MR) is 219 cm³/mol. The van der Waals surface area contributed by atoms with E-state index in [0.29, 0.717) is 42.9 Å². The molecule has 4 aliphatic heterocycles. The lowest BCUT2D eigenvalue weighted by atomic mass is 9.79. The zero-order chi connectivity index (χ0) is 40.6. The monoisotopic (exact) mass is 774 g/mol. The van der Waals surface area contributed by atoms with Crippen LogP contribution in [0.25, 0.3) is 0 Å². The van der Waals surface area contributed by atoms with E-state index in [4.69, 9.17) is 14.2 Å². The SMILES string of the molecule is CCC1OC(=O)CC(O)C(C)C(OC2CC(N(C)C)C(O)C(C)O2)C(CCN2CC(C)CC(C)C2)CC(C)C(=O)/C=C/C(C)=C/C1CN1CC(C)CC(C)C1. The van der Waals surface area contributed by atoms with E-state index in [0.717, 1.165) is 51.3 Å². The molecule has 0 bridgehead atoms. The smallest absolute Gasteiger partial charge is 0.308 e. The standard InChI is InChI=1S/C45H79N3O7/c1-12-41-37(27-48-25-31(5)18-32(6)26-48)19-28(2)13-14-39(49)33(7)20-36(15-16-47-23-29(3)17-30(4)24-47)45(34(8)40(50)22-42(51)54-41)55-43-21-38(46(10)11)44(52)35(9)53-43/h13-14,19,29-38,40-41,43-45,50,52H,12,15-18,20-27H2,1-11H3/b14-13+,28-19+. The van der Waals surface area contributed by atoms with Crippen molar-refractivity contribution in [2.75, 3.05) is 53.4 Å². The molecule has 4 aliphatic rings. The largest absolute Gasteiger partial charge is 0.462 e. The molecule has 10 nitrogen and oxygen atoms in total. The topological polar surface area (TPSA) is 112 Å². The fourth-order valence-electron chi connectivity index (χ4n) is 10.3. The summed E-state index contributed by atoms with van der Waals surface area (Å²) >= 11 is 0. The number of hydrogen-bond donors (Lipinski definition) is 2. The summed E-state index contributed by atoms with van der Waals surface area (Å²) in [6.45, 7) is 24.9. The number of ketones is 1. The van der Waals surface area contributed by atoms with Gasteiger partial charge in [0.1, 0.15) is 6.10 Å². The quantitative estimate of drug-likeness (QED) is 0.263. The molecule has 0 aromatic carbocycles. The van der Waals surface area contributed by atoms with Gasteiger partial charge in [-0.1, -0.05) is 66.2 Å². The zero-order valence-corrected chi connectivity index (χ0v) is 36.4. The molecule has 55 heavy (non-hydrogen) atoms. The van der Waals surface area contributed by atoms with Crippen molar-refractivity contribution >= 4 is 11.8 Å². The Kier molecular flexibility index (Phi) is 17.9. The van der Waals surface area contributed by atoms with Gasteiger partial charge in [-0.2, -0.15) is 0 Å². The summed E-state index contributed by atoms with van der Waals surface area (Å²) < 4.78 is 19.5. The van der Waals surface area contributed by atoms with E-state index >= 15 is 0 Å². The second-order valence-corrected chi connectivity index (χ2v) is 19.1. The molecule has 2 N–H and O–H groups in total. The van der Waals surface area contributed by atoms with Crippen molar-refractivity contribution in [1.29, 1.82) is 0 Å². The lowest BCUT2D eigenvalue weighted by molar-refractivity contribution is -0.265. The molecule has 15 unspecified atom stereocenters. The van der Waals surface area contributed by atoms with Crippen LogP contribution in [0.3, 0.4) is 0 Å². The minimum Gasteiger partial charge on any atom is -0.462 e. The van der Waals surface area contributed by atoms with Crippen LogP contribution in [0.15, 0.2) is 23.8 Å². The van der Waals surface area contributed by atoms with Crippen LogP contribution in [-0.4, -0.2) is 133 Å². The van der Waals surface area contributed by atoms with Gasteiger partial charge in [0.25, 0.3) is 0 Å². The maximum absolute atomic E-state index is 13.9. The molecular weight excluding hydrogens is 695 g/mol. The zero-order valence-electron chi connectivity index (χ0n) is 36.4. The summed E-state index contributed by atoms with van der Waals surface area (Å²) in [4.78, 5) is 34.8. The average Bonchev–Trinajstić information content (AvgIpc) is 3.09. The maximum atomic E-state index is 13.9. The predicted octanol–water partition coefficient (Wildman–Crippen LogP) is 6.20. The molecule has 0 aromatic heterocycles. The number of esters is 1. The molecule has 4 rings (SSSR count). The second-order valence-electron chi connectivity index (χ2n) is 19.1. The van der Waals surface area contributed by atoms with E-state index in [2.05, 4.69) is 50.5 Å². The fourth-order valence-corrected chi connectivity index (χ4v) is 10.3. The number of rotatable bonds is 9. The maximum Gasteiger partial charge on any atom is 0.308 e. The van der Waals surface area contributed by atoms with Gasteiger partial charge < -0.3 is 39.1 Å². The van der Waals surface area contributed by atoms with Gasteiger partial charge in [-0.05, 0) is 102 Å². The number of likely N-dealkylation sites (tertiary alicyclic amines) is 2. The van der Waals surface area contributed by atoms with E-state index in [1.54, 1.807) is 6.08 Å². The highest BCUT2D eigenvalue weighted by Crippen LogP contribution is 2.35. The Bertz CT molecular complexity index is 1250. The van der Waals surface area contributed by atoms with Crippen LogP contribution in [0.4, 0.5) is 0 Å². The summed E-state index contributed by atoms with van der Waals surface area (Å²) in [5, 5.41) is 22.9. The molecule has 3 fully saturated rings. The fraction of sp³-hybridized carbons (Fsp3) is 0.867. The normalized spacial score (nSPS) is 42.8. The Hall–Kier alpha value is -1.66. The third kappa shape index (κ3) is 13.7. The van der Waals surface area contributed by atoms with E-state index < -0.39 is 42.6 Å². The van der Waals surface area contributed by atoms with Crippen molar-refractivity contribution < 1.29 is 34.0 Å². The second kappa shape index (κ2) is 21.4. The third-order valence-electron chi connectivity index (χ3n) is 13.1. The number of likely N-dealkylation sites (N-methyl/N-ethyl adjacent to an activating group) is 1. The van der Waals surface area contributed by atoms with Crippen molar-refractivity contribution in [2.45, 2.75) is 150 Å². The lowest BCUT2D eigenvalue weighted by Crippen LogP contribution is -2.55. The van der Waals surface area contributed by atoms with Crippen LogP contribution < -0.4 is 0 Å². The van der Waals surface area contributed by atoms with Gasteiger partial charge in [0.2, 0.25) is 0 Å². The van der Waals surface area contributed by atoms with Crippen LogP contribution in [0, 0.1) is 47.3 Å². The van der Waals surface area contributed by atoms with Crippen LogP contribution in [-0.2, 0) is 23.8 Å². The van der Waals surface area contributed by atoms with Crippen LogP contribution in [0.1, 0.15) is 107 Å². The number of aliphatic hydroxyl groups excluding tert-OH is 2. The first-order chi connectivity index (χ1) is 25.9. The Labute approximate surface area is 334 Å². The average molecular weight is 774 g/mol. The van der Waals surface area contributed by atoms with E-state index in [-0.39, 0.29) is 42.1 Å². The Morgan fingerprint density at radius 3 is 2.04 bits per heavy atom. The third-order valence-corrected chi connectivity index (χ3v) is 13.1. The lowest BCUT2D eigenvalue weighted by Gasteiger charge is -2.44. The summed E-state index contributed by atoms with van der Waals surface area (Å²) in [5.41, 5.74) is 0.978. The summed E-state index contributed by atoms with van der Waals surface area (Å²) in [7, 11) is 3.91. The Morgan fingerprint density at radius 1 is 0.855 bits per heavy atom. The molecule has 3 saturated heterocycles. The van der Waals surface area contributed by atoms with Gasteiger partial charge in [0.05, 0.1) is 30.8 Å². The van der Waals surface area contributed by atoms with Crippen LogP contribution >= 0.6 is 0 Å². The number of piperidine rings is 2. The van der Waals surface area contributed by atoms with Crippen molar-refractivity contribution in [3.05, 3.63) is 23.8 Å². The van der Waals surface area contributed by atoms with Gasteiger partial charge in [-0.15, -0.1) is 0 Å². The minimum absolute atomic E-state index is 0.0581. The number of hydrogen-bond acceptors (Lipinski definition) is 10. The van der Waals surface area contributed by atoms with E-state index in [9.17, 15) is 19.8 Å². The minimum atomic E-state index is -1.03. The molecule has 0 aliphatic carbocycles. The van der Waals surface area contributed by atoms with Crippen LogP contribution in [0.5, 0.6) is 0 Å². The molecule has 0 spiro atoms. The van der Waals surface area contributed by atoms with Crippen molar-refractivity contribution in [3.63, 3.8) is 0 Å². The van der Waals surface area contributed by atoms with Crippen molar-refractivity contribution in [1.82, 2.24) is 14.7 Å². The number of carbonyl (C=O) groups is 2. The van der Waals surface area contributed by atoms with Crippen molar-refractivity contribution in [3.8, 4) is 0 Å². The van der Waals surface area contributed by atoms with E-state index in [1.807, 2.05) is 52.8 Å². The van der Waals surface area contributed by atoms with Gasteiger partial charge in [-0.3, -0.25) is 9.59 Å². The van der Waals surface area contributed by atoms with Gasteiger partial charge >= 0.3 is 5.97 Å². The number of cyclic esters (lactones) is 1. The summed E-state index contributed by atoms with van der Waals surface area (Å²) in [6, 6.07) is -0.165.